The Morgan fingerprint density at radius 1 is 1.60 bits per heavy atom. The van der Waals surface area contributed by atoms with Gasteiger partial charge >= 0.3 is 0 Å². The van der Waals surface area contributed by atoms with Gasteiger partial charge in [0.2, 0.25) is 0 Å². The lowest BCUT2D eigenvalue weighted by molar-refractivity contribution is 0.353. The van der Waals surface area contributed by atoms with Gasteiger partial charge in [0.05, 0.1) is 6.04 Å². The minimum absolute atomic E-state index is 0.229. The summed E-state index contributed by atoms with van der Waals surface area (Å²) in [5.41, 5.74) is 5.32. The van der Waals surface area contributed by atoms with E-state index < -0.39 is 6.04 Å². The maximum atomic E-state index is 12.8. The lowest BCUT2D eigenvalue weighted by Crippen LogP contribution is -2.37. The SMILES string of the molecule is CC1(C)C=CC=C(F)C1N. The molecule has 0 spiro atoms. The summed E-state index contributed by atoms with van der Waals surface area (Å²) in [6.45, 7) is 3.83. The second-order valence-corrected chi connectivity index (χ2v) is 3.21. The molecule has 1 aliphatic rings. The van der Waals surface area contributed by atoms with Crippen LogP contribution in [0.25, 0.3) is 0 Å². The molecule has 0 saturated heterocycles. The van der Waals surface area contributed by atoms with Crippen LogP contribution in [0, 0.1) is 5.41 Å². The number of allylic oxidation sites excluding steroid dienone is 2. The summed E-state index contributed by atoms with van der Waals surface area (Å²) in [5, 5.41) is 0. The zero-order valence-electron chi connectivity index (χ0n) is 6.26. The van der Waals surface area contributed by atoms with Crippen LogP contribution >= 0.6 is 0 Å². The van der Waals surface area contributed by atoms with Crippen molar-refractivity contribution in [1.82, 2.24) is 0 Å². The summed E-state index contributed by atoms with van der Waals surface area (Å²) in [6.07, 6.45) is 5.04. The van der Waals surface area contributed by atoms with E-state index in [2.05, 4.69) is 0 Å². The molecular formula is C8H12FN. The van der Waals surface area contributed by atoms with E-state index in [4.69, 9.17) is 5.73 Å². The van der Waals surface area contributed by atoms with Gasteiger partial charge in [-0.1, -0.05) is 26.0 Å². The second-order valence-electron chi connectivity index (χ2n) is 3.21. The standard InChI is InChI=1S/C8H12FN/c1-8(2)5-3-4-6(9)7(8)10/h3-5,7H,10H2,1-2H3. The molecule has 0 fully saturated rings. The normalized spacial score (nSPS) is 30.0. The Hall–Kier alpha value is -0.630. The number of hydrogen-bond donors (Lipinski definition) is 1. The average Bonchev–Trinajstić information content (AvgIpc) is 1.83. The Morgan fingerprint density at radius 2 is 2.20 bits per heavy atom. The van der Waals surface area contributed by atoms with Crippen LogP contribution in [-0.2, 0) is 0 Å². The minimum atomic E-state index is -0.475. The number of nitrogens with two attached hydrogens (primary N) is 1. The molecule has 1 rings (SSSR count). The summed E-state index contributed by atoms with van der Waals surface area (Å²) in [5.74, 6) is -0.229. The topological polar surface area (TPSA) is 26.0 Å². The van der Waals surface area contributed by atoms with Gasteiger partial charge in [0.25, 0.3) is 0 Å². The summed E-state index contributed by atoms with van der Waals surface area (Å²) in [4.78, 5) is 0. The first-order chi connectivity index (χ1) is 4.54. The summed E-state index contributed by atoms with van der Waals surface area (Å²) >= 11 is 0. The molecule has 0 bridgehead atoms. The van der Waals surface area contributed by atoms with Gasteiger partial charge in [0.15, 0.2) is 0 Å². The van der Waals surface area contributed by atoms with Crippen molar-refractivity contribution in [3.63, 3.8) is 0 Å². The second kappa shape index (κ2) is 2.20. The van der Waals surface area contributed by atoms with Gasteiger partial charge in [-0.3, -0.25) is 0 Å². The fraction of sp³-hybridized carbons (Fsp3) is 0.500. The lowest BCUT2D eigenvalue weighted by atomic mass is 9.81. The van der Waals surface area contributed by atoms with Gasteiger partial charge in [0.1, 0.15) is 5.83 Å². The Balaban J connectivity index is 2.89. The molecule has 0 heterocycles. The van der Waals surface area contributed by atoms with Crippen molar-refractivity contribution in [2.24, 2.45) is 11.1 Å². The third kappa shape index (κ3) is 1.12. The number of halogens is 1. The Kier molecular flexibility index (Phi) is 1.65. The molecule has 0 amide bonds. The van der Waals surface area contributed by atoms with E-state index in [1.165, 1.54) is 6.08 Å². The molecule has 2 N–H and O–H groups in total. The van der Waals surface area contributed by atoms with Crippen LogP contribution < -0.4 is 5.73 Å². The predicted octanol–water partition coefficient (Wildman–Crippen LogP) is 1.76. The first-order valence-electron chi connectivity index (χ1n) is 3.34. The Bertz CT molecular complexity index is 191. The highest BCUT2D eigenvalue weighted by molar-refractivity contribution is 5.24. The fourth-order valence-electron chi connectivity index (χ4n) is 0.951. The van der Waals surface area contributed by atoms with E-state index >= 15 is 0 Å². The molecule has 0 aromatic carbocycles. The molecule has 1 nitrogen and oxygen atoms in total. The van der Waals surface area contributed by atoms with Crippen molar-refractivity contribution in [1.29, 1.82) is 0 Å². The van der Waals surface area contributed by atoms with Crippen LogP contribution in [0.15, 0.2) is 24.1 Å². The fourth-order valence-corrected chi connectivity index (χ4v) is 0.951. The summed E-state index contributed by atoms with van der Waals surface area (Å²) in [7, 11) is 0. The van der Waals surface area contributed by atoms with Crippen molar-refractivity contribution < 1.29 is 4.39 Å². The van der Waals surface area contributed by atoms with Crippen molar-refractivity contribution in [3.05, 3.63) is 24.1 Å². The zero-order valence-corrected chi connectivity index (χ0v) is 6.26. The molecule has 0 radical (unpaired) electrons. The van der Waals surface area contributed by atoms with E-state index in [0.29, 0.717) is 0 Å². The highest BCUT2D eigenvalue weighted by atomic mass is 19.1. The predicted molar refractivity (Wildman–Crippen MR) is 40.1 cm³/mol. The van der Waals surface area contributed by atoms with Crippen molar-refractivity contribution in [3.8, 4) is 0 Å². The van der Waals surface area contributed by atoms with E-state index in [0.717, 1.165) is 0 Å². The molecule has 2 heteroatoms. The van der Waals surface area contributed by atoms with E-state index in [-0.39, 0.29) is 11.2 Å². The van der Waals surface area contributed by atoms with Crippen molar-refractivity contribution in [2.75, 3.05) is 0 Å². The third-order valence-corrected chi connectivity index (χ3v) is 1.88. The molecule has 0 aromatic heterocycles. The van der Waals surface area contributed by atoms with Gasteiger partial charge in [-0.15, -0.1) is 0 Å². The Labute approximate surface area is 60.4 Å². The molecule has 56 valence electrons. The van der Waals surface area contributed by atoms with Crippen molar-refractivity contribution in [2.45, 2.75) is 19.9 Å². The molecule has 0 saturated carbocycles. The molecule has 10 heavy (non-hydrogen) atoms. The first-order valence-corrected chi connectivity index (χ1v) is 3.34. The average molecular weight is 141 g/mol. The van der Waals surface area contributed by atoms with Crippen LogP contribution in [-0.4, -0.2) is 6.04 Å². The van der Waals surface area contributed by atoms with E-state index in [1.54, 1.807) is 6.08 Å². The maximum absolute atomic E-state index is 12.8. The van der Waals surface area contributed by atoms with Gasteiger partial charge in [-0.2, -0.15) is 0 Å². The monoisotopic (exact) mass is 141 g/mol. The molecule has 1 atom stereocenters. The molecular weight excluding hydrogens is 129 g/mol. The largest absolute Gasteiger partial charge is 0.321 e. The number of hydrogen-bond acceptors (Lipinski definition) is 1. The molecule has 1 aliphatic carbocycles. The highest BCUT2D eigenvalue weighted by Gasteiger charge is 2.28. The molecule has 1 unspecified atom stereocenters. The van der Waals surface area contributed by atoms with E-state index in [1.807, 2.05) is 19.9 Å². The van der Waals surface area contributed by atoms with Crippen molar-refractivity contribution >= 4 is 0 Å². The minimum Gasteiger partial charge on any atom is -0.321 e. The van der Waals surface area contributed by atoms with Gasteiger partial charge in [-0.25, -0.2) is 4.39 Å². The smallest absolute Gasteiger partial charge is 0.117 e. The molecule has 0 aromatic rings. The van der Waals surface area contributed by atoms with Crippen LogP contribution in [0.4, 0.5) is 4.39 Å². The lowest BCUT2D eigenvalue weighted by Gasteiger charge is -2.29. The van der Waals surface area contributed by atoms with Gasteiger partial charge in [0, 0.05) is 5.41 Å². The van der Waals surface area contributed by atoms with Gasteiger partial charge in [-0.05, 0) is 6.08 Å². The summed E-state index contributed by atoms with van der Waals surface area (Å²) < 4.78 is 12.8. The number of rotatable bonds is 0. The summed E-state index contributed by atoms with van der Waals surface area (Å²) in [6, 6.07) is -0.475. The zero-order chi connectivity index (χ0) is 7.78. The van der Waals surface area contributed by atoms with Crippen LogP contribution in [0.2, 0.25) is 0 Å². The highest BCUT2D eigenvalue weighted by Crippen LogP contribution is 2.29. The van der Waals surface area contributed by atoms with Gasteiger partial charge < -0.3 is 5.73 Å². The van der Waals surface area contributed by atoms with Crippen LogP contribution in [0.1, 0.15) is 13.8 Å². The maximum Gasteiger partial charge on any atom is 0.117 e. The first kappa shape index (κ1) is 7.48. The third-order valence-electron chi connectivity index (χ3n) is 1.88. The Morgan fingerprint density at radius 3 is 2.60 bits per heavy atom. The van der Waals surface area contributed by atoms with E-state index in [9.17, 15) is 4.39 Å². The quantitative estimate of drug-likeness (QED) is 0.546. The molecule has 0 aliphatic heterocycles. The van der Waals surface area contributed by atoms with Crippen LogP contribution in [0.5, 0.6) is 0 Å². The van der Waals surface area contributed by atoms with Crippen LogP contribution in [0.3, 0.4) is 0 Å².